The van der Waals surface area contributed by atoms with Gasteiger partial charge in [0.15, 0.2) is 0 Å². The minimum atomic E-state index is -0.920. The van der Waals surface area contributed by atoms with Gasteiger partial charge >= 0.3 is 5.97 Å². The van der Waals surface area contributed by atoms with Gasteiger partial charge in [-0.3, -0.25) is 4.79 Å². The average molecular weight is 320 g/mol. The molecule has 0 aliphatic rings. The summed E-state index contributed by atoms with van der Waals surface area (Å²) in [5.41, 5.74) is 6.16. The van der Waals surface area contributed by atoms with Crippen molar-refractivity contribution in [3.8, 4) is 5.75 Å². The number of benzene rings is 1. The highest BCUT2D eigenvalue weighted by molar-refractivity contribution is 9.10. The third kappa shape index (κ3) is 3.14. The molecule has 0 aliphatic carbocycles. The number of nitrogens with two attached hydrogens (primary N) is 1. The highest BCUT2D eigenvalue weighted by Crippen LogP contribution is 2.37. The minimum absolute atomic E-state index is 0.0714. The van der Waals surface area contributed by atoms with E-state index in [-0.39, 0.29) is 6.54 Å². The van der Waals surface area contributed by atoms with Crippen LogP contribution in [-0.4, -0.2) is 31.0 Å². The summed E-state index contributed by atoms with van der Waals surface area (Å²) in [6, 6.07) is 3.55. The van der Waals surface area contributed by atoms with E-state index < -0.39 is 11.9 Å². The van der Waals surface area contributed by atoms with Crippen LogP contribution in [0.15, 0.2) is 21.5 Å². The van der Waals surface area contributed by atoms with Gasteiger partial charge in [-0.2, -0.15) is 0 Å². The number of halogens is 1. The van der Waals surface area contributed by atoms with Gasteiger partial charge in [0.1, 0.15) is 5.75 Å². The standard InChI is InChI=1S/C11H14BrNO3S/c1-16-10-8(12)3-6(4-9(10)17-2)7(5-13)11(14)15/h3-4,7H,5,13H2,1-2H3,(H,14,15). The van der Waals surface area contributed by atoms with Gasteiger partial charge in [-0.05, 0) is 39.9 Å². The SMILES string of the molecule is COc1c(Br)cc(C(CN)C(=O)O)cc1SC. The summed E-state index contributed by atoms with van der Waals surface area (Å²) in [6.07, 6.45) is 1.91. The fourth-order valence-electron chi connectivity index (χ4n) is 1.52. The predicted octanol–water partition coefficient (Wildman–Crippen LogP) is 2.31. The Kier molecular flexibility index (Phi) is 5.30. The Hall–Kier alpha value is -0.720. The first-order valence-electron chi connectivity index (χ1n) is 4.89. The van der Waals surface area contributed by atoms with Gasteiger partial charge in [-0.1, -0.05) is 0 Å². The molecule has 0 saturated heterocycles. The summed E-state index contributed by atoms with van der Waals surface area (Å²) in [5.74, 6) is -0.901. The van der Waals surface area contributed by atoms with Crippen molar-refractivity contribution in [3.05, 3.63) is 22.2 Å². The number of hydrogen-bond donors (Lipinski definition) is 2. The van der Waals surface area contributed by atoms with Crippen molar-refractivity contribution in [2.45, 2.75) is 10.8 Å². The van der Waals surface area contributed by atoms with Crippen LogP contribution in [0.1, 0.15) is 11.5 Å². The second-order valence-corrected chi connectivity index (χ2v) is 5.07. The third-order valence-corrected chi connectivity index (χ3v) is 3.72. The molecule has 0 fully saturated rings. The van der Waals surface area contributed by atoms with Crippen molar-refractivity contribution in [1.29, 1.82) is 0 Å². The van der Waals surface area contributed by atoms with Crippen LogP contribution in [0.25, 0.3) is 0 Å². The maximum Gasteiger partial charge on any atom is 0.312 e. The maximum absolute atomic E-state index is 11.1. The molecule has 1 unspecified atom stereocenters. The number of carbonyl (C=O) groups is 1. The molecule has 0 aromatic heterocycles. The Morgan fingerprint density at radius 3 is 2.71 bits per heavy atom. The van der Waals surface area contributed by atoms with Crippen molar-refractivity contribution in [3.63, 3.8) is 0 Å². The normalized spacial score (nSPS) is 12.2. The summed E-state index contributed by atoms with van der Waals surface area (Å²) in [4.78, 5) is 11.9. The van der Waals surface area contributed by atoms with E-state index >= 15 is 0 Å². The van der Waals surface area contributed by atoms with E-state index in [9.17, 15) is 4.79 Å². The first kappa shape index (κ1) is 14.3. The quantitative estimate of drug-likeness (QED) is 0.815. The van der Waals surface area contributed by atoms with E-state index in [0.29, 0.717) is 11.3 Å². The van der Waals surface area contributed by atoms with E-state index in [4.69, 9.17) is 15.6 Å². The first-order valence-corrected chi connectivity index (χ1v) is 6.91. The molecule has 17 heavy (non-hydrogen) atoms. The second-order valence-electron chi connectivity index (χ2n) is 3.36. The number of carboxylic acids is 1. The molecule has 0 aliphatic heterocycles. The van der Waals surface area contributed by atoms with Gasteiger partial charge in [0.2, 0.25) is 0 Å². The Balaban J connectivity index is 3.27. The van der Waals surface area contributed by atoms with Crippen molar-refractivity contribution < 1.29 is 14.6 Å². The van der Waals surface area contributed by atoms with E-state index in [0.717, 1.165) is 9.37 Å². The molecular formula is C11H14BrNO3S. The first-order chi connectivity index (χ1) is 8.04. The number of thioether (sulfide) groups is 1. The molecule has 0 bridgehead atoms. The molecule has 6 heteroatoms. The molecule has 3 N–H and O–H groups in total. The highest BCUT2D eigenvalue weighted by atomic mass is 79.9. The molecule has 1 aromatic rings. The Morgan fingerprint density at radius 1 is 1.65 bits per heavy atom. The van der Waals surface area contributed by atoms with Crippen LogP contribution < -0.4 is 10.5 Å². The van der Waals surface area contributed by atoms with Gasteiger partial charge in [-0.15, -0.1) is 11.8 Å². The summed E-state index contributed by atoms with van der Waals surface area (Å²) in [6.45, 7) is 0.0714. The smallest absolute Gasteiger partial charge is 0.312 e. The molecule has 0 radical (unpaired) electrons. The van der Waals surface area contributed by atoms with Crippen LogP contribution in [0.2, 0.25) is 0 Å². The molecule has 94 valence electrons. The van der Waals surface area contributed by atoms with E-state index in [2.05, 4.69) is 15.9 Å². The molecule has 1 aromatic carbocycles. The number of aliphatic carboxylic acids is 1. The van der Waals surface area contributed by atoms with Crippen molar-refractivity contribution >= 4 is 33.7 Å². The average Bonchev–Trinajstić information content (AvgIpc) is 2.28. The van der Waals surface area contributed by atoms with Crippen LogP contribution in [-0.2, 0) is 4.79 Å². The predicted molar refractivity (Wildman–Crippen MR) is 71.9 cm³/mol. The zero-order valence-corrected chi connectivity index (χ0v) is 12.0. The van der Waals surface area contributed by atoms with Gasteiger partial charge in [0.25, 0.3) is 0 Å². The van der Waals surface area contributed by atoms with Gasteiger partial charge in [0.05, 0.1) is 22.4 Å². The fraction of sp³-hybridized carbons (Fsp3) is 0.364. The molecule has 4 nitrogen and oxygen atoms in total. The zero-order chi connectivity index (χ0) is 13.0. The molecule has 1 atom stereocenters. The number of ether oxygens (including phenoxy) is 1. The lowest BCUT2D eigenvalue weighted by Gasteiger charge is -2.15. The molecule has 1 rings (SSSR count). The summed E-state index contributed by atoms with van der Waals surface area (Å²) >= 11 is 4.87. The van der Waals surface area contributed by atoms with Crippen molar-refractivity contribution in [2.75, 3.05) is 19.9 Å². The lowest BCUT2D eigenvalue weighted by atomic mass is 9.99. The Labute approximate surface area is 113 Å². The number of carboxylic acid groups (broad SMARTS) is 1. The molecular weight excluding hydrogens is 306 g/mol. The Morgan fingerprint density at radius 2 is 2.29 bits per heavy atom. The van der Waals surface area contributed by atoms with Crippen LogP contribution in [0, 0.1) is 0 Å². The lowest BCUT2D eigenvalue weighted by Crippen LogP contribution is -2.21. The fourth-order valence-corrected chi connectivity index (χ4v) is 2.92. The van der Waals surface area contributed by atoms with Gasteiger partial charge in [0, 0.05) is 6.54 Å². The topological polar surface area (TPSA) is 72.5 Å². The largest absolute Gasteiger partial charge is 0.494 e. The van der Waals surface area contributed by atoms with Crippen LogP contribution in [0.5, 0.6) is 5.75 Å². The zero-order valence-electron chi connectivity index (χ0n) is 9.57. The van der Waals surface area contributed by atoms with Crippen LogP contribution in [0.4, 0.5) is 0 Å². The van der Waals surface area contributed by atoms with Crippen LogP contribution in [0.3, 0.4) is 0 Å². The van der Waals surface area contributed by atoms with E-state index in [1.165, 1.54) is 11.8 Å². The molecule has 0 spiro atoms. The summed E-state index contributed by atoms with van der Waals surface area (Å²) in [5, 5.41) is 9.07. The van der Waals surface area contributed by atoms with Gasteiger partial charge in [-0.25, -0.2) is 0 Å². The third-order valence-electron chi connectivity index (χ3n) is 2.39. The monoisotopic (exact) mass is 319 g/mol. The van der Waals surface area contributed by atoms with Crippen LogP contribution >= 0.6 is 27.7 Å². The summed E-state index contributed by atoms with van der Waals surface area (Å²) < 4.78 is 5.99. The van der Waals surface area contributed by atoms with Crippen molar-refractivity contribution in [1.82, 2.24) is 0 Å². The number of rotatable bonds is 5. The van der Waals surface area contributed by atoms with Gasteiger partial charge < -0.3 is 15.6 Å². The van der Waals surface area contributed by atoms with E-state index in [1.807, 2.05) is 6.26 Å². The lowest BCUT2D eigenvalue weighted by molar-refractivity contribution is -0.138. The molecule has 0 amide bonds. The highest BCUT2D eigenvalue weighted by Gasteiger charge is 2.21. The summed E-state index contributed by atoms with van der Waals surface area (Å²) in [7, 11) is 1.58. The Bertz CT molecular complexity index is 425. The minimum Gasteiger partial charge on any atom is -0.494 e. The van der Waals surface area contributed by atoms with E-state index in [1.54, 1.807) is 19.2 Å². The number of hydrogen-bond acceptors (Lipinski definition) is 4. The maximum atomic E-state index is 11.1. The van der Waals surface area contributed by atoms with Crippen molar-refractivity contribution in [2.24, 2.45) is 5.73 Å². The number of methoxy groups -OCH3 is 1. The molecule has 0 heterocycles. The second kappa shape index (κ2) is 6.28. The molecule has 0 saturated carbocycles.